The van der Waals surface area contributed by atoms with Crippen LogP contribution in [0.1, 0.15) is 36.0 Å². The van der Waals surface area contributed by atoms with Crippen molar-refractivity contribution in [3.63, 3.8) is 0 Å². The molecule has 6 heteroatoms. The van der Waals surface area contributed by atoms with E-state index in [1.54, 1.807) is 11.1 Å². The highest BCUT2D eigenvalue weighted by Crippen LogP contribution is 2.27. The number of anilines is 1. The molecule has 2 amide bonds. The molecule has 0 aromatic heterocycles. The van der Waals surface area contributed by atoms with Crippen molar-refractivity contribution in [3.8, 4) is 5.75 Å². The predicted octanol–water partition coefficient (Wildman–Crippen LogP) is 4.48. The highest BCUT2D eigenvalue weighted by molar-refractivity contribution is 5.96. The minimum Gasteiger partial charge on any atom is -0.489 e. The minimum atomic E-state index is -0.290. The number of fused-ring (bicyclic) bond motifs is 1. The molecular formula is C27H27N3O3. The first kappa shape index (κ1) is 22.3. The van der Waals surface area contributed by atoms with E-state index in [0.717, 1.165) is 35.4 Å². The molecular weight excluding hydrogens is 414 g/mol. The number of amides is 2. The number of nitrogens with one attached hydrogen (secondary N) is 1. The van der Waals surface area contributed by atoms with Crippen molar-refractivity contribution in [3.05, 3.63) is 95.6 Å². The lowest BCUT2D eigenvalue weighted by Gasteiger charge is -2.29. The molecule has 3 aromatic carbocycles. The molecule has 0 fully saturated rings. The van der Waals surface area contributed by atoms with E-state index < -0.39 is 0 Å². The molecule has 0 unspecified atom stereocenters. The topological polar surface area (TPSA) is 71.0 Å². The van der Waals surface area contributed by atoms with Gasteiger partial charge in [0.1, 0.15) is 12.4 Å². The molecule has 1 N–H and O–H groups in total. The summed E-state index contributed by atoms with van der Waals surface area (Å²) >= 11 is 0. The third kappa shape index (κ3) is 6.29. The Hall–Kier alpha value is -3.93. The van der Waals surface area contributed by atoms with E-state index in [0.29, 0.717) is 13.2 Å². The van der Waals surface area contributed by atoms with Crippen molar-refractivity contribution in [2.45, 2.75) is 32.3 Å². The van der Waals surface area contributed by atoms with Crippen LogP contribution in [0.25, 0.3) is 0 Å². The Kier molecular flexibility index (Phi) is 7.48. The molecule has 168 valence electrons. The number of hydrogen-bond acceptors (Lipinski definition) is 4. The van der Waals surface area contributed by atoms with Gasteiger partial charge in [-0.05, 0) is 47.7 Å². The van der Waals surface area contributed by atoms with Crippen molar-refractivity contribution in [1.29, 1.82) is 0 Å². The second-order valence-corrected chi connectivity index (χ2v) is 7.92. The summed E-state index contributed by atoms with van der Waals surface area (Å²) < 4.78 is 5.82. The quantitative estimate of drug-likeness (QED) is 0.414. The van der Waals surface area contributed by atoms with Crippen LogP contribution in [0, 0.1) is 0 Å². The summed E-state index contributed by atoms with van der Waals surface area (Å²) in [6.45, 7) is 1.17. The highest BCUT2D eigenvalue weighted by atomic mass is 16.5. The molecule has 0 spiro atoms. The van der Waals surface area contributed by atoms with E-state index in [1.165, 1.54) is 5.56 Å². The van der Waals surface area contributed by atoms with Crippen molar-refractivity contribution >= 4 is 23.7 Å². The summed E-state index contributed by atoms with van der Waals surface area (Å²) in [5.74, 6) is 0.396. The number of ether oxygens (including phenoxy) is 1. The van der Waals surface area contributed by atoms with Gasteiger partial charge < -0.3 is 9.64 Å². The lowest BCUT2D eigenvalue weighted by molar-refractivity contribution is -0.125. The predicted molar refractivity (Wildman–Crippen MR) is 129 cm³/mol. The van der Waals surface area contributed by atoms with Crippen molar-refractivity contribution in [2.75, 3.05) is 11.4 Å². The Morgan fingerprint density at radius 2 is 1.79 bits per heavy atom. The molecule has 0 saturated heterocycles. The van der Waals surface area contributed by atoms with Crippen molar-refractivity contribution in [1.82, 2.24) is 5.43 Å². The number of carbonyl (C=O) groups excluding carboxylic acids is 2. The minimum absolute atomic E-state index is 0.0375. The number of para-hydroxylation sites is 1. The van der Waals surface area contributed by atoms with Gasteiger partial charge in [0.05, 0.1) is 6.21 Å². The van der Waals surface area contributed by atoms with Gasteiger partial charge in [-0.15, -0.1) is 0 Å². The van der Waals surface area contributed by atoms with Gasteiger partial charge in [-0.25, -0.2) is 5.43 Å². The average Bonchev–Trinajstić information content (AvgIpc) is 2.86. The van der Waals surface area contributed by atoms with Crippen molar-refractivity contribution < 1.29 is 14.3 Å². The maximum absolute atomic E-state index is 12.7. The number of aryl methyl sites for hydroxylation is 1. The average molecular weight is 442 g/mol. The number of hydrazone groups is 1. The van der Waals surface area contributed by atoms with E-state index in [9.17, 15) is 9.59 Å². The molecule has 1 aliphatic heterocycles. The van der Waals surface area contributed by atoms with E-state index in [2.05, 4.69) is 16.6 Å². The van der Waals surface area contributed by atoms with Crippen LogP contribution in [-0.4, -0.2) is 24.6 Å². The molecule has 0 bridgehead atoms. The van der Waals surface area contributed by atoms with Gasteiger partial charge in [-0.2, -0.15) is 5.10 Å². The van der Waals surface area contributed by atoms with E-state index in [4.69, 9.17) is 4.74 Å². The van der Waals surface area contributed by atoms with E-state index >= 15 is 0 Å². The number of rotatable bonds is 8. The highest BCUT2D eigenvalue weighted by Gasteiger charge is 2.22. The second-order valence-electron chi connectivity index (χ2n) is 7.92. The Morgan fingerprint density at radius 1 is 0.970 bits per heavy atom. The summed E-state index contributed by atoms with van der Waals surface area (Å²) in [5, 5.41) is 4.02. The molecule has 3 aromatic rings. The number of hydrogen-bond donors (Lipinski definition) is 1. The fourth-order valence-corrected chi connectivity index (χ4v) is 3.81. The molecule has 6 nitrogen and oxygen atoms in total. The summed E-state index contributed by atoms with van der Waals surface area (Å²) in [6, 6.07) is 25.4. The Labute approximate surface area is 193 Å². The van der Waals surface area contributed by atoms with Crippen LogP contribution in [0.3, 0.4) is 0 Å². The fourth-order valence-electron chi connectivity index (χ4n) is 3.81. The second kappa shape index (κ2) is 11.1. The van der Waals surface area contributed by atoms with E-state index in [-0.39, 0.29) is 24.7 Å². The van der Waals surface area contributed by atoms with Crippen LogP contribution in [0.5, 0.6) is 5.75 Å². The molecule has 33 heavy (non-hydrogen) atoms. The third-order valence-corrected chi connectivity index (χ3v) is 5.49. The van der Waals surface area contributed by atoms with Gasteiger partial charge >= 0.3 is 0 Å². The van der Waals surface area contributed by atoms with Crippen LogP contribution in [0.2, 0.25) is 0 Å². The van der Waals surface area contributed by atoms with Gasteiger partial charge in [-0.3, -0.25) is 9.59 Å². The van der Waals surface area contributed by atoms with Crippen LogP contribution in [0.15, 0.2) is 84.0 Å². The maximum Gasteiger partial charge on any atom is 0.240 e. The van der Waals surface area contributed by atoms with Gasteiger partial charge in [0, 0.05) is 25.1 Å². The Bertz CT molecular complexity index is 1130. The lowest BCUT2D eigenvalue weighted by Crippen LogP contribution is -2.36. The summed E-state index contributed by atoms with van der Waals surface area (Å²) in [7, 11) is 0. The SMILES string of the molecule is O=C(CCC(=O)N1CCCc2ccccc21)N/N=C/c1cccc(OCc2ccccc2)c1. The number of nitrogens with zero attached hydrogens (tertiary/aromatic N) is 2. The number of carbonyl (C=O) groups is 2. The summed E-state index contributed by atoms with van der Waals surface area (Å²) in [6.07, 6.45) is 3.73. The summed E-state index contributed by atoms with van der Waals surface area (Å²) in [4.78, 5) is 26.6. The zero-order valence-corrected chi connectivity index (χ0v) is 18.4. The van der Waals surface area contributed by atoms with Crippen LogP contribution < -0.4 is 15.1 Å². The Balaban J connectivity index is 1.24. The molecule has 0 radical (unpaired) electrons. The smallest absolute Gasteiger partial charge is 0.240 e. The van der Waals surface area contributed by atoms with Gasteiger partial charge in [0.25, 0.3) is 0 Å². The van der Waals surface area contributed by atoms with Gasteiger partial charge in [0.2, 0.25) is 11.8 Å². The summed E-state index contributed by atoms with van der Waals surface area (Å²) in [5.41, 5.74) is 6.54. The van der Waals surface area contributed by atoms with Crippen molar-refractivity contribution in [2.24, 2.45) is 5.10 Å². The third-order valence-electron chi connectivity index (χ3n) is 5.49. The van der Waals surface area contributed by atoms with Gasteiger partial charge in [0.15, 0.2) is 0 Å². The maximum atomic E-state index is 12.7. The standard InChI is InChI=1S/C27H27N3O3/c31-26(15-16-27(32)30-17-7-12-23-11-4-5-14-25(23)30)29-28-19-22-10-6-13-24(18-22)33-20-21-8-2-1-3-9-21/h1-6,8-11,13-14,18-19H,7,12,15-17,20H2,(H,29,31)/b28-19+. The lowest BCUT2D eigenvalue weighted by atomic mass is 10.0. The Morgan fingerprint density at radius 3 is 2.67 bits per heavy atom. The monoisotopic (exact) mass is 441 g/mol. The fraction of sp³-hybridized carbons (Fsp3) is 0.222. The van der Waals surface area contributed by atoms with Crippen LogP contribution >= 0.6 is 0 Å². The first-order valence-electron chi connectivity index (χ1n) is 11.2. The van der Waals surface area contributed by atoms with Crippen LogP contribution in [-0.2, 0) is 22.6 Å². The number of benzene rings is 3. The first-order valence-corrected chi connectivity index (χ1v) is 11.2. The molecule has 0 atom stereocenters. The largest absolute Gasteiger partial charge is 0.489 e. The van der Waals surface area contributed by atoms with E-state index in [1.807, 2.05) is 72.8 Å². The molecule has 0 saturated carbocycles. The zero-order chi connectivity index (χ0) is 22.9. The molecule has 0 aliphatic carbocycles. The zero-order valence-electron chi connectivity index (χ0n) is 18.4. The molecule has 1 heterocycles. The first-order chi connectivity index (χ1) is 16.2. The van der Waals surface area contributed by atoms with Crippen LogP contribution in [0.4, 0.5) is 5.69 Å². The molecule has 4 rings (SSSR count). The molecule has 1 aliphatic rings. The normalized spacial score (nSPS) is 12.9. The van der Waals surface area contributed by atoms with Gasteiger partial charge in [-0.1, -0.05) is 60.7 Å².